The molecule has 0 bridgehead atoms. The van der Waals surface area contributed by atoms with Gasteiger partial charge in [0.05, 0.1) is 12.0 Å². The van der Waals surface area contributed by atoms with Crippen molar-refractivity contribution in [1.29, 1.82) is 0 Å². The molecule has 1 amide bonds. The molecule has 1 aliphatic heterocycles. The summed E-state index contributed by atoms with van der Waals surface area (Å²) < 4.78 is 5.30. The second kappa shape index (κ2) is 5.64. The molecule has 0 aromatic heterocycles. The summed E-state index contributed by atoms with van der Waals surface area (Å²) in [5.74, 6) is 0.407. The van der Waals surface area contributed by atoms with E-state index < -0.39 is 0 Å². The molecular weight excluding hydrogens is 204 g/mol. The van der Waals surface area contributed by atoms with Crippen LogP contribution in [0.5, 0.6) is 0 Å². The summed E-state index contributed by atoms with van der Waals surface area (Å²) in [6.07, 6.45) is 5.59. The van der Waals surface area contributed by atoms with Crippen molar-refractivity contribution in [2.24, 2.45) is 5.92 Å². The summed E-state index contributed by atoms with van der Waals surface area (Å²) in [4.78, 5) is 12.0. The first-order chi connectivity index (χ1) is 7.79. The fraction of sp³-hybridized carbons (Fsp3) is 0.917. The minimum Gasteiger partial charge on any atom is -0.381 e. The average Bonchev–Trinajstić information content (AvgIpc) is 2.78. The highest BCUT2D eigenvalue weighted by molar-refractivity contribution is 5.79. The van der Waals surface area contributed by atoms with E-state index in [2.05, 4.69) is 10.6 Å². The third kappa shape index (κ3) is 2.95. The zero-order chi connectivity index (χ0) is 11.4. The van der Waals surface area contributed by atoms with Crippen LogP contribution >= 0.6 is 0 Å². The molecule has 92 valence electrons. The van der Waals surface area contributed by atoms with E-state index in [4.69, 9.17) is 4.74 Å². The van der Waals surface area contributed by atoms with E-state index in [1.165, 1.54) is 0 Å². The molecule has 0 aromatic carbocycles. The normalized spacial score (nSPS) is 34.9. The highest BCUT2D eigenvalue weighted by Crippen LogP contribution is 2.22. The first-order valence-electron chi connectivity index (χ1n) is 6.33. The molecule has 2 aliphatic rings. The molecule has 16 heavy (non-hydrogen) atoms. The number of nitrogens with one attached hydrogen (secondary N) is 2. The number of ether oxygens (including phenoxy) is 1. The van der Waals surface area contributed by atoms with E-state index in [1.807, 2.05) is 0 Å². The number of methoxy groups -OCH3 is 1. The van der Waals surface area contributed by atoms with Gasteiger partial charge < -0.3 is 15.4 Å². The maximum atomic E-state index is 12.0. The van der Waals surface area contributed by atoms with Gasteiger partial charge in [-0.15, -0.1) is 0 Å². The number of carbonyl (C=O) groups excluding carboxylic acids is 1. The number of amides is 1. The Morgan fingerprint density at radius 1 is 1.38 bits per heavy atom. The van der Waals surface area contributed by atoms with Crippen LogP contribution in [0, 0.1) is 5.92 Å². The third-order valence-electron chi connectivity index (χ3n) is 3.73. The lowest BCUT2D eigenvalue weighted by Gasteiger charge is -2.23. The van der Waals surface area contributed by atoms with Crippen molar-refractivity contribution in [1.82, 2.24) is 10.6 Å². The molecule has 2 fully saturated rings. The molecule has 4 nitrogen and oxygen atoms in total. The molecule has 1 heterocycles. The van der Waals surface area contributed by atoms with Gasteiger partial charge in [0.1, 0.15) is 0 Å². The smallest absolute Gasteiger partial charge is 0.224 e. The molecule has 1 saturated carbocycles. The van der Waals surface area contributed by atoms with Crippen LogP contribution in [0.15, 0.2) is 0 Å². The Kier molecular flexibility index (Phi) is 4.18. The number of hydrogen-bond acceptors (Lipinski definition) is 3. The summed E-state index contributed by atoms with van der Waals surface area (Å²) in [6, 6.07) is 0.333. The Labute approximate surface area is 97.1 Å². The van der Waals surface area contributed by atoms with Crippen molar-refractivity contribution in [2.75, 3.05) is 20.2 Å². The molecule has 0 spiro atoms. The Morgan fingerprint density at radius 3 is 2.88 bits per heavy atom. The lowest BCUT2D eigenvalue weighted by molar-refractivity contribution is -0.126. The first-order valence-corrected chi connectivity index (χ1v) is 6.33. The van der Waals surface area contributed by atoms with Gasteiger partial charge in [-0.3, -0.25) is 4.79 Å². The second-order valence-electron chi connectivity index (χ2n) is 4.92. The Morgan fingerprint density at radius 2 is 2.25 bits per heavy atom. The summed E-state index contributed by atoms with van der Waals surface area (Å²) in [7, 11) is 1.75. The maximum absolute atomic E-state index is 12.0. The Hall–Kier alpha value is -0.610. The van der Waals surface area contributed by atoms with Crippen LogP contribution in [-0.4, -0.2) is 38.3 Å². The molecule has 4 heteroatoms. The fourth-order valence-corrected chi connectivity index (χ4v) is 2.68. The molecule has 0 radical (unpaired) electrons. The molecule has 2 rings (SSSR count). The Bertz CT molecular complexity index is 239. The zero-order valence-electron chi connectivity index (χ0n) is 10.00. The average molecular weight is 226 g/mol. The van der Waals surface area contributed by atoms with Gasteiger partial charge >= 0.3 is 0 Å². The number of carbonyl (C=O) groups is 1. The summed E-state index contributed by atoms with van der Waals surface area (Å²) >= 11 is 0. The largest absolute Gasteiger partial charge is 0.381 e. The van der Waals surface area contributed by atoms with Crippen LogP contribution in [0.2, 0.25) is 0 Å². The topological polar surface area (TPSA) is 50.4 Å². The van der Waals surface area contributed by atoms with Crippen molar-refractivity contribution < 1.29 is 9.53 Å². The second-order valence-corrected chi connectivity index (χ2v) is 4.92. The third-order valence-corrected chi connectivity index (χ3v) is 3.73. The van der Waals surface area contributed by atoms with E-state index in [0.29, 0.717) is 12.1 Å². The zero-order valence-corrected chi connectivity index (χ0v) is 10.00. The lowest BCUT2D eigenvalue weighted by atomic mass is 9.98. The number of rotatable bonds is 3. The SMILES string of the molecule is COC1CCC(NC(=O)[C@@H]2CCCNC2)C1. The molecule has 1 aliphatic carbocycles. The lowest BCUT2D eigenvalue weighted by Crippen LogP contribution is -2.43. The van der Waals surface area contributed by atoms with E-state index in [9.17, 15) is 4.79 Å². The number of piperidine rings is 1. The highest BCUT2D eigenvalue weighted by Gasteiger charge is 2.28. The van der Waals surface area contributed by atoms with Gasteiger partial charge in [-0.2, -0.15) is 0 Å². The van der Waals surface area contributed by atoms with Crippen LogP contribution in [0.4, 0.5) is 0 Å². The minimum atomic E-state index is 0.176. The molecule has 3 atom stereocenters. The van der Waals surface area contributed by atoms with Gasteiger partial charge in [-0.05, 0) is 38.6 Å². The van der Waals surface area contributed by atoms with Crippen LogP contribution in [0.3, 0.4) is 0 Å². The van der Waals surface area contributed by atoms with E-state index >= 15 is 0 Å². The van der Waals surface area contributed by atoms with E-state index in [1.54, 1.807) is 7.11 Å². The first kappa shape index (κ1) is 11.9. The summed E-state index contributed by atoms with van der Waals surface area (Å²) in [5, 5.41) is 6.43. The van der Waals surface area contributed by atoms with Crippen LogP contribution in [0.25, 0.3) is 0 Å². The minimum absolute atomic E-state index is 0.176. The Balaban J connectivity index is 1.74. The van der Waals surface area contributed by atoms with Crippen LogP contribution in [-0.2, 0) is 9.53 Å². The maximum Gasteiger partial charge on any atom is 0.224 e. The molecule has 2 N–H and O–H groups in total. The van der Waals surface area contributed by atoms with Crippen LogP contribution in [0.1, 0.15) is 32.1 Å². The van der Waals surface area contributed by atoms with Gasteiger partial charge in [0.25, 0.3) is 0 Å². The van der Waals surface area contributed by atoms with Crippen molar-refractivity contribution in [2.45, 2.75) is 44.2 Å². The van der Waals surface area contributed by atoms with E-state index in [-0.39, 0.29) is 11.8 Å². The fourth-order valence-electron chi connectivity index (χ4n) is 2.68. The van der Waals surface area contributed by atoms with Gasteiger partial charge in [0.15, 0.2) is 0 Å². The van der Waals surface area contributed by atoms with Gasteiger partial charge in [0, 0.05) is 19.7 Å². The summed E-state index contributed by atoms with van der Waals surface area (Å²) in [6.45, 7) is 1.89. The van der Waals surface area contributed by atoms with Gasteiger partial charge in [0.2, 0.25) is 5.91 Å². The van der Waals surface area contributed by atoms with Crippen molar-refractivity contribution >= 4 is 5.91 Å². The molecular formula is C12H22N2O2. The molecule has 0 aromatic rings. The van der Waals surface area contributed by atoms with Gasteiger partial charge in [-0.25, -0.2) is 0 Å². The van der Waals surface area contributed by atoms with Crippen molar-refractivity contribution in [3.05, 3.63) is 0 Å². The van der Waals surface area contributed by atoms with E-state index in [0.717, 1.165) is 45.2 Å². The predicted molar refractivity (Wildman–Crippen MR) is 62.2 cm³/mol. The molecule has 2 unspecified atom stereocenters. The quantitative estimate of drug-likeness (QED) is 0.743. The molecule has 1 saturated heterocycles. The van der Waals surface area contributed by atoms with Gasteiger partial charge in [-0.1, -0.05) is 0 Å². The van der Waals surface area contributed by atoms with Crippen molar-refractivity contribution in [3.63, 3.8) is 0 Å². The monoisotopic (exact) mass is 226 g/mol. The number of hydrogen-bond donors (Lipinski definition) is 2. The predicted octanol–water partition coefficient (Wildman–Crippen LogP) is 0.670. The highest BCUT2D eigenvalue weighted by atomic mass is 16.5. The van der Waals surface area contributed by atoms with Crippen molar-refractivity contribution in [3.8, 4) is 0 Å². The summed E-state index contributed by atoms with van der Waals surface area (Å²) in [5.41, 5.74) is 0. The van der Waals surface area contributed by atoms with Crippen LogP contribution < -0.4 is 10.6 Å². The standard InChI is InChI=1S/C12H22N2O2/c1-16-11-5-4-10(7-11)14-12(15)9-3-2-6-13-8-9/h9-11,13H,2-8H2,1H3,(H,14,15)/t9-,10?,11?/m1/s1.